The number of hydrogen-bond acceptors (Lipinski definition) is 5. The molecule has 9 nitrogen and oxygen atoms in total. The van der Waals surface area contributed by atoms with Crippen molar-refractivity contribution in [3.05, 3.63) is 59.0 Å². The lowest BCUT2D eigenvalue weighted by Gasteiger charge is -2.44. The smallest absolute Gasteiger partial charge is 0.254 e. The molecule has 198 valence electrons. The molecule has 3 atom stereocenters. The maximum Gasteiger partial charge on any atom is 0.254 e. The van der Waals surface area contributed by atoms with E-state index in [4.69, 9.17) is 4.42 Å². The van der Waals surface area contributed by atoms with E-state index in [0.29, 0.717) is 19.3 Å². The van der Waals surface area contributed by atoms with E-state index in [-0.39, 0.29) is 46.9 Å². The van der Waals surface area contributed by atoms with Gasteiger partial charge in [-0.1, -0.05) is 38.1 Å². The number of rotatable bonds is 8. The van der Waals surface area contributed by atoms with Crippen molar-refractivity contribution in [1.29, 1.82) is 0 Å². The lowest BCUT2D eigenvalue weighted by atomic mass is 9.88. The van der Waals surface area contributed by atoms with Crippen LogP contribution in [-0.4, -0.2) is 53.7 Å². The molecule has 0 radical (unpaired) electrons. The Morgan fingerprint density at radius 2 is 1.76 bits per heavy atom. The first kappa shape index (κ1) is 26.4. The minimum absolute atomic E-state index is 0.0881. The highest BCUT2D eigenvalue weighted by atomic mass is 16.3. The zero-order chi connectivity index (χ0) is 26.9. The molecule has 1 aromatic heterocycles. The number of benzene rings is 1. The first-order chi connectivity index (χ1) is 17.6. The van der Waals surface area contributed by atoms with Crippen LogP contribution < -0.4 is 16.0 Å². The largest absolute Gasteiger partial charge is 0.466 e. The fraction of sp³-hybridized carbons (Fsp3) is 0.500. The molecule has 4 amide bonds. The lowest BCUT2D eigenvalue weighted by molar-refractivity contribution is -0.158. The summed E-state index contributed by atoms with van der Waals surface area (Å²) in [5, 5.41) is 8.40. The summed E-state index contributed by atoms with van der Waals surface area (Å²) in [5.74, 6) is -1.32. The molecule has 2 aliphatic rings. The molecular formula is C28H36N4O5. The molecule has 4 rings (SSSR count). The molecule has 1 saturated heterocycles. The summed E-state index contributed by atoms with van der Waals surface area (Å²) in [6.07, 6.45) is 2.98. The minimum atomic E-state index is -1.20. The Balaban J connectivity index is 1.75. The third kappa shape index (κ3) is 5.40. The number of amides is 4. The van der Waals surface area contributed by atoms with Crippen LogP contribution >= 0.6 is 0 Å². The molecule has 2 heterocycles. The van der Waals surface area contributed by atoms with Gasteiger partial charge >= 0.3 is 0 Å². The zero-order valence-corrected chi connectivity index (χ0v) is 22.0. The highest BCUT2D eigenvalue weighted by molar-refractivity contribution is 6.00. The topological polar surface area (TPSA) is 121 Å². The minimum Gasteiger partial charge on any atom is -0.466 e. The number of furan rings is 1. The second-order valence-electron chi connectivity index (χ2n) is 10.7. The van der Waals surface area contributed by atoms with Crippen molar-refractivity contribution in [1.82, 2.24) is 20.9 Å². The van der Waals surface area contributed by atoms with Gasteiger partial charge in [0, 0.05) is 13.1 Å². The number of nitrogens with zero attached hydrogens (tertiary/aromatic N) is 1. The summed E-state index contributed by atoms with van der Waals surface area (Å²) in [5.41, 5.74) is 2.57. The van der Waals surface area contributed by atoms with Gasteiger partial charge in [-0.05, 0) is 62.1 Å². The van der Waals surface area contributed by atoms with E-state index >= 15 is 0 Å². The summed E-state index contributed by atoms with van der Waals surface area (Å²) < 4.78 is 5.71. The first-order valence-corrected chi connectivity index (χ1v) is 12.9. The van der Waals surface area contributed by atoms with Crippen LogP contribution in [0, 0.1) is 11.8 Å². The molecule has 1 fully saturated rings. The van der Waals surface area contributed by atoms with Crippen LogP contribution in [0.25, 0.3) is 0 Å². The Labute approximate surface area is 217 Å². The van der Waals surface area contributed by atoms with Crippen LogP contribution in [0.5, 0.6) is 0 Å². The number of fused-ring (bicyclic) bond motifs is 1. The Kier molecular flexibility index (Phi) is 7.71. The average Bonchev–Trinajstić information content (AvgIpc) is 3.49. The van der Waals surface area contributed by atoms with E-state index in [2.05, 4.69) is 16.0 Å². The van der Waals surface area contributed by atoms with E-state index in [0.717, 1.165) is 0 Å². The standard InChI is InChI=1S/C28H36N4O5/c1-15(2)10-21-26(34)31-23(19-11-17-8-6-7-9-18(17)12-19)28(36)32(21)24(27(35)30-16(3)4)22-13-20(14-37-22)25(33)29-5/h6-9,13-16,19,21,23-24H,10-12H2,1-5H3,(H,29,33)(H,30,35)(H,31,34)/t21-,23-,24-/m1/s1. The highest BCUT2D eigenvalue weighted by Crippen LogP contribution is 2.35. The molecule has 2 aromatic rings. The maximum atomic E-state index is 14.2. The molecule has 0 spiro atoms. The third-order valence-corrected chi connectivity index (χ3v) is 7.04. The molecule has 9 heteroatoms. The number of carbonyl (C=O) groups excluding carboxylic acids is 4. The van der Waals surface area contributed by atoms with Crippen molar-refractivity contribution in [2.75, 3.05) is 7.05 Å². The second kappa shape index (κ2) is 10.8. The molecule has 37 heavy (non-hydrogen) atoms. The quantitative estimate of drug-likeness (QED) is 0.506. The van der Waals surface area contributed by atoms with E-state index in [1.165, 1.54) is 35.4 Å². The van der Waals surface area contributed by atoms with Crippen molar-refractivity contribution in [2.24, 2.45) is 11.8 Å². The van der Waals surface area contributed by atoms with Crippen molar-refractivity contribution in [2.45, 2.75) is 71.1 Å². The SMILES string of the molecule is CNC(=O)c1coc([C@H](C(=O)NC(C)C)N2C(=O)[C@@H](C3Cc4ccccc4C3)NC(=O)[C@H]2CC(C)C)c1. The van der Waals surface area contributed by atoms with E-state index in [9.17, 15) is 19.2 Å². The average molecular weight is 509 g/mol. The summed E-state index contributed by atoms with van der Waals surface area (Å²) in [6.45, 7) is 7.58. The monoisotopic (exact) mass is 508 g/mol. The first-order valence-electron chi connectivity index (χ1n) is 12.9. The molecule has 0 unspecified atom stereocenters. The van der Waals surface area contributed by atoms with E-state index in [1.807, 2.05) is 52.0 Å². The van der Waals surface area contributed by atoms with Crippen molar-refractivity contribution < 1.29 is 23.6 Å². The Bertz CT molecular complexity index is 1160. The normalized spacial score (nSPS) is 20.7. The molecule has 1 aromatic carbocycles. The predicted molar refractivity (Wildman–Crippen MR) is 137 cm³/mol. The van der Waals surface area contributed by atoms with Gasteiger partial charge in [-0.3, -0.25) is 19.2 Å². The van der Waals surface area contributed by atoms with E-state index < -0.39 is 24.0 Å². The van der Waals surface area contributed by atoms with Crippen LogP contribution in [0.4, 0.5) is 0 Å². The van der Waals surface area contributed by atoms with Gasteiger partial charge < -0.3 is 25.3 Å². The number of nitrogens with one attached hydrogen (secondary N) is 3. The van der Waals surface area contributed by atoms with Gasteiger partial charge in [0.2, 0.25) is 11.8 Å². The zero-order valence-electron chi connectivity index (χ0n) is 22.0. The predicted octanol–water partition coefficient (Wildman–Crippen LogP) is 2.36. The molecule has 1 aliphatic carbocycles. The number of hydrogen-bond donors (Lipinski definition) is 3. The molecule has 0 saturated carbocycles. The number of carbonyl (C=O) groups is 4. The van der Waals surface area contributed by atoms with E-state index in [1.54, 1.807) is 0 Å². The van der Waals surface area contributed by atoms with Crippen LogP contribution in [0.2, 0.25) is 0 Å². The van der Waals surface area contributed by atoms with Crippen molar-refractivity contribution >= 4 is 23.6 Å². The lowest BCUT2D eigenvalue weighted by Crippen LogP contribution is -2.67. The van der Waals surface area contributed by atoms with Gasteiger partial charge in [0.1, 0.15) is 24.1 Å². The molecule has 1 aliphatic heterocycles. The van der Waals surface area contributed by atoms with Crippen LogP contribution in [-0.2, 0) is 27.2 Å². The molecular weight excluding hydrogens is 472 g/mol. The summed E-state index contributed by atoms with van der Waals surface area (Å²) in [4.78, 5) is 55.0. The van der Waals surface area contributed by atoms with Gasteiger partial charge in [0.25, 0.3) is 11.8 Å². The fourth-order valence-corrected chi connectivity index (χ4v) is 5.39. The number of piperazine rings is 1. The Hall–Kier alpha value is -3.62. The third-order valence-electron chi connectivity index (χ3n) is 7.04. The summed E-state index contributed by atoms with van der Waals surface area (Å²) >= 11 is 0. The molecule has 3 N–H and O–H groups in total. The summed E-state index contributed by atoms with van der Waals surface area (Å²) in [7, 11) is 1.50. The van der Waals surface area contributed by atoms with Gasteiger partial charge in [0.15, 0.2) is 6.04 Å². The second-order valence-corrected chi connectivity index (χ2v) is 10.7. The highest BCUT2D eigenvalue weighted by Gasteiger charge is 2.50. The van der Waals surface area contributed by atoms with Crippen molar-refractivity contribution in [3.8, 4) is 0 Å². The Morgan fingerprint density at radius 1 is 1.11 bits per heavy atom. The van der Waals surface area contributed by atoms with Gasteiger partial charge in [0.05, 0.1) is 5.56 Å². The maximum absolute atomic E-state index is 14.2. The summed E-state index contributed by atoms with van der Waals surface area (Å²) in [6, 6.07) is 6.47. The Morgan fingerprint density at radius 3 is 2.32 bits per heavy atom. The van der Waals surface area contributed by atoms with Gasteiger partial charge in [-0.15, -0.1) is 0 Å². The van der Waals surface area contributed by atoms with Crippen LogP contribution in [0.1, 0.15) is 67.4 Å². The van der Waals surface area contributed by atoms with Crippen LogP contribution in [0.15, 0.2) is 41.0 Å². The van der Waals surface area contributed by atoms with Gasteiger partial charge in [-0.2, -0.15) is 0 Å². The van der Waals surface area contributed by atoms with Crippen molar-refractivity contribution in [3.63, 3.8) is 0 Å². The van der Waals surface area contributed by atoms with Crippen LogP contribution in [0.3, 0.4) is 0 Å². The fourth-order valence-electron chi connectivity index (χ4n) is 5.39. The van der Waals surface area contributed by atoms with Gasteiger partial charge in [-0.25, -0.2) is 0 Å². The molecule has 0 bridgehead atoms.